The third-order valence-corrected chi connectivity index (χ3v) is 2.73. The molecule has 1 aliphatic heterocycles. The molecule has 1 aromatic heterocycles. The first-order chi connectivity index (χ1) is 7.84. The van der Waals surface area contributed by atoms with Crippen molar-refractivity contribution in [2.24, 2.45) is 0 Å². The van der Waals surface area contributed by atoms with E-state index in [1.165, 1.54) is 13.1 Å². The lowest BCUT2D eigenvalue weighted by atomic mass is 9.99. The van der Waals surface area contributed by atoms with Gasteiger partial charge in [-0.2, -0.15) is 0 Å². The van der Waals surface area contributed by atoms with Gasteiger partial charge in [-0.05, 0) is 6.92 Å². The van der Waals surface area contributed by atoms with E-state index in [1.54, 1.807) is 0 Å². The third kappa shape index (κ3) is 1.69. The fourth-order valence-corrected chi connectivity index (χ4v) is 1.74. The maximum atomic E-state index is 11.5. The molecule has 0 aliphatic carbocycles. The van der Waals surface area contributed by atoms with Crippen molar-refractivity contribution in [3.05, 3.63) is 45.4 Å². The van der Waals surface area contributed by atoms with Crippen molar-refractivity contribution in [2.75, 3.05) is 0 Å². The first-order valence-corrected chi connectivity index (χ1v) is 4.91. The van der Waals surface area contributed by atoms with Gasteiger partial charge < -0.3 is 14.9 Å². The van der Waals surface area contributed by atoms with E-state index in [0.717, 1.165) is 10.6 Å². The van der Waals surface area contributed by atoms with E-state index >= 15 is 0 Å². The van der Waals surface area contributed by atoms with Crippen LogP contribution in [0.1, 0.15) is 13.2 Å². The molecule has 2 rings (SSSR count). The summed E-state index contributed by atoms with van der Waals surface area (Å²) in [5.74, 6) is -0.0295. The van der Waals surface area contributed by atoms with E-state index in [1.807, 2.05) is 4.98 Å². The maximum Gasteiger partial charge on any atom is 0.331 e. The molecule has 3 atom stereocenters. The number of aliphatic hydroxyl groups is 2. The van der Waals surface area contributed by atoms with Gasteiger partial charge in [-0.15, -0.1) is 0 Å². The summed E-state index contributed by atoms with van der Waals surface area (Å²) in [5.41, 5.74) is -2.98. The monoisotopic (exact) mass is 240 g/mol. The molecule has 0 saturated carbocycles. The number of aromatic amines is 1. The van der Waals surface area contributed by atoms with Crippen LogP contribution in [0.4, 0.5) is 0 Å². The minimum Gasteiger partial charge on any atom is -0.469 e. The number of nitrogens with one attached hydrogen (secondary N) is 1. The van der Waals surface area contributed by atoms with Gasteiger partial charge >= 0.3 is 5.69 Å². The Hall–Kier alpha value is -1.86. The molecule has 17 heavy (non-hydrogen) atoms. The molecule has 3 unspecified atom stereocenters. The van der Waals surface area contributed by atoms with Crippen LogP contribution in [0.3, 0.4) is 0 Å². The molecule has 1 fully saturated rings. The maximum absolute atomic E-state index is 11.5. The summed E-state index contributed by atoms with van der Waals surface area (Å²) >= 11 is 0. The van der Waals surface area contributed by atoms with E-state index in [-0.39, 0.29) is 5.76 Å². The van der Waals surface area contributed by atoms with Crippen molar-refractivity contribution in [1.82, 2.24) is 9.55 Å². The average molecular weight is 240 g/mol. The zero-order valence-corrected chi connectivity index (χ0v) is 9.08. The van der Waals surface area contributed by atoms with E-state index in [4.69, 9.17) is 4.74 Å². The Kier molecular flexibility index (Phi) is 2.44. The van der Waals surface area contributed by atoms with Gasteiger partial charge in [0, 0.05) is 12.3 Å². The molecule has 3 N–H and O–H groups in total. The highest BCUT2D eigenvalue weighted by Gasteiger charge is 2.50. The van der Waals surface area contributed by atoms with Gasteiger partial charge in [0.1, 0.15) is 11.9 Å². The number of H-pyrrole nitrogens is 1. The van der Waals surface area contributed by atoms with Crippen LogP contribution in [0, 0.1) is 0 Å². The second kappa shape index (κ2) is 3.57. The normalized spacial score (nSPS) is 32.5. The van der Waals surface area contributed by atoms with Gasteiger partial charge in [-0.25, -0.2) is 4.79 Å². The summed E-state index contributed by atoms with van der Waals surface area (Å²) in [6.07, 6.45) is -1.24. The lowest BCUT2D eigenvalue weighted by Gasteiger charge is -2.25. The molecule has 0 bridgehead atoms. The Balaban J connectivity index is 2.52. The predicted octanol–water partition coefficient (Wildman–Crippen LogP) is -1.31. The molecular formula is C10H12N2O5. The third-order valence-electron chi connectivity index (χ3n) is 2.73. The van der Waals surface area contributed by atoms with Gasteiger partial charge in [0.05, 0.1) is 0 Å². The summed E-state index contributed by atoms with van der Waals surface area (Å²) in [6, 6.07) is 1.12. The lowest BCUT2D eigenvalue weighted by molar-refractivity contribution is -0.0950. The minimum atomic E-state index is -1.70. The Bertz CT molecular complexity index is 571. The Labute approximate surface area is 95.6 Å². The van der Waals surface area contributed by atoms with E-state index in [0.29, 0.717) is 0 Å². The van der Waals surface area contributed by atoms with Crippen molar-refractivity contribution >= 4 is 0 Å². The fourth-order valence-electron chi connectivity index (χ4n) is 1.74. The summed E-state index contributed by atoms with van der Waals surface area (Å²) in [6.45, 7) is 4.75. The molecule has 1 aromatic rings. The zero-order chi connectivity index (χ0) is 12.8. The summed E-state index contributed by atoms with van der Waals surface area (Å²) < 4.78 is 6.13. The first kappa shape index (κ1) is 11.6. The highest BCUT2D eigenvalue weighted by atomic mass is 16.6. The topological polar surface area (TPSA) is 105 Å². The molecule has 7 nitrogen and oxygen atoms in total. The quantitative estimate of drug-likeness (QED) is 0.565. The predicted molar refractivity (Wildman–Crippen MR) is 57.2 cm³/mol. The van der Waals surface area contributed by atoms with Crippen LogP contribution in [0.5, 0.6) is 0 Å². The number of rotatable bonds is 1. The molecule has 0 spiro atoms. The second-order valence-corrected chi connectivity index (χ2v) is 4.08. The van der Waals surface area contributed by atoms with Crippen LogP contribution in [0.2, 0.25) is 0 Å². The molecule has 1 aliphatic rings. The first-order valence-electron chi connectivity index (χ1n) is 4.91. The Morgan fingerprint density at radius 1 is 1.59 bits per heavy atom. The van der Waals surface area contributed by atoms with Crippen molar-refractivity contribution in [1.29, 1.82) is 0 Å². The van der Waals surface area contributed by atoms with Gasteiger partial charge in [0.2, 0.25) is 6.23 Å². The summed E-state index contributed by atoms with van der Waals surface area (Å²) in [7, 11) is 0. The molecule has 2 heterocycles. The molecule has 0 aromatic carbocycles. The standard InChI is InChI=1S/C10H12N2O5/c1-5-7(14)10(2,16)8(17-5)12-4-3-6(13)11-9(12)15/h3-4,7-8,14,16H,1H2,2H3,(H,11,13,15). The average Bonchev–Trinajstić information content (AvgIpc) is 2.43. The summed E-state index contributed by atoms with van der Waals surface area (Å²) in [4.78, 5) is 24.5. The van der Waals surface area contributed by atoms with Crippen molar-refractivity contribution in [3.8, 4) is 0 Å². The molecule has 0 amide bonds. The van der Waals surface area contributed by atoms with Crippen LogP contribution in [0.15, 0.2) is 34.2 Å². The van der Waals surface area contributed by atoms with Crippen LogP contribution < -0.4 is 11.2 Å². The largest absolute Gasteiger partial charge is 0.469 e. The lowest BCUT2D eigenvalue weighted by Crippen LogP contribution is -2.45. The number of aliphatic hydroxyl groups excluding tert-OH is 1. The van der Waals surface area contributed by atoms with Gasteiger partial charge in [0.25, 0.3) is 5.56 Å². The van der Waals surface area contributed by atoms with E-state index in [9.17, 15) is 19.8 Å². The highest BCUT2D eigenvalue weighted by molar-refractivity contribution is 5.11. The molecule has 1 saturated heterocycles. The number of hydrogen-bond acceptors (Lipinski definition) is 5. The van der Waals surface area contributed by atoms with Gasteiger partial charge in [-0.1, -0.05) is 6.58 Å². The van der Waals surface area contributed by atoms with Crippen LogP contribution in [-0.4, -0.2) is 31.5 Å². The molecule has 0 radical (unpaired) electrons. The summed E-state index contributed by atoms with van der Waals surface area (Å²) in [5, 5.41) is 19.7. The molecular weight excluding hydrogens is 228 g/mol. The van der Waals surface area contributed by atoms with Crippen LogP contribution in [-0.2, 0) is 4.74 Å². The second-order valence-electron chi connectivity index (χ2n) is 4.08. The SMILES string of the molecule is C=C1OC(n2ccc(=O)[nH]c2=O)C(C)(O)C1O. The van der Waals surface area contributed by atoms with Crippen molar-refractivity contribution in [3.63, 3.8) is 0 Å². The number of hydrogen-bond donors (Lipinski definition) is 3. The highest BCUT2D eigenvalue weighted by Crippen LogP contribution is 2.38. The number of aromatic nitrogens is 2. The number of nitrogens with zero attached hydrogens (tertiary/aromatic N) is 1. The molecule has 7 heteroatoms. The fraction of sp³-hybridized carbons (Fsp3) is 0.400. The van der Waals surface area contributed by atoms with Gasteiger partial charge in [-0.3, -0.25) is 14.3 Å². The smallest absolute Gasteiger partial charge is 0.331 e. The van der Waals surface area contributed by atoms with Gasteiger partial charge in [0.15, 0.2) is 5.60 Å². The minimum absolute atomic E-state index is 0.0295. The van der Waals surface area contributed by atoms with Crippen molar-refractivity contribution < 1.29 is 14.9 Å². The zero-order valence-electron chi connectivity index (χ0n) is 9.08. The van der Waals surface area contributed by atoms with E-state index < -0.39 is 29.2 Å². The Morgan fingerprint density at radius 3 is 2.71 bits per heavy atom. The Morgan fingerprint density at radius 2 is 2.24 bits per heavy atom. The van der Waals surface area contributed by atoms with Crippen LogP contribution in [0.25, 0.3) is 0 Å². The molecule has 92 valence electrons. The van der Waals surface area contributed by atoms with Crippen LogP contribution >= 0.6 is 0 Å². The van der Waals surface area contributed by atoms with E-state index in [2.05, 4.69) is 6.58 Å². The van der Waals surface area contributed by atoms with Crippen molar-refractivity contribution in [2.45, 2.75) is 24.9 Å². The number of ether oxygens (including phenoxy) is 1.